The summed E-state index contributed by atoms with van der Waals surface area (Å²) in [5.41, 5.74) is 4.88. The average Bonchev–Trinajstić information content (AvgIpc) is 3.17. The number of carbonyl (C=O) groups is 1. The summed E-state index contributed by atoms with van der Waals surface area (Å²) in [5.74, 6) is -0.355. The van der Waals surface area contributed by atoms with Crippen molar-refractivity contribution in [2.75, 3.05) is 47.0 Å². The SMILES string of the molecule is CN=C(N)N1C=CC2(CNCCO)CCC3C(O)(COC)C(C(=O)O)=C4CC5CCC(C)C43C52C1. The third-order valence-corrected chi connectivity index (χ3v) is 10.6. The minimum Gasteiger partial charge on any atom is -0.478 e. The Bertz CT molecular complexity index is 996. The number of aliphatic carboxylic acids is 1. The zero-order valence-corrected chi connectivity index (χ0v) is 21.1. The van der Waals surface area contributed by atoms with E-state index in [-0.39, 0.29) is 47.4 Å². The molecule has 1 heterocycles. The van der Waals surface area contributed by atoms with Gasteiger partial charge in [0.15, 0.2) is 5.96 Å². The number of nitrogens with zero attached hydrogens (tertiary/aromatic N) is 2. The van der Waals surface area contributed by atoms with Gasteiger partial charge >= 0.3 is 5.97 Å². The van der Waals surface area contributed by atoms with E-state index in [0.29, 0.717) is 38.4 Å². The van der Waals surface area contributed by atoms with E-state index >= 15 is 0 Å². The van der Waals surface area contributed by atoms with Crippen LogP contribution in [-0.4, -0.2) is 84.8 Å². The Hall–Kier alpha value is -1.94. The molecule has 0 radical (unpaired) electrons. The van der Waals surface area contributed by atoms with Crippen molar-refractivity contribution in [1.29, 1.82) is 0 Å². The molecule has 0 saturated heterocycles. The highest BCUT2D eigenvalue weighted by atomic mass is 16.5. The predicted molar refractivity (Wildman–Crippen MR) is 131 cm³/mol. The largest absolute Gasteiger partial charge is 0.478 e. The molecule has 7 atom stereocenters. The maximum atomic E-state index is 12.8. The number of ether oxygens (including phenoxy) is 1. The molecular weight excluding hydrogens is 448 g/mol. The maximum absolute atomic E-state index is 12.8. The van der Waals surface area contributed by atoms with Crippen molar-refractivity contribution >= 4 is 11.9 Å². The number of aliphatic hydroxyl groups excluding tert-OH is 1. The van der Waals surface area contributed by atoms with Crippen molar-refractivity contribution in [3.05, 3.63) is 23.4 Å². The second kappa shape index (κ2) is 8.30. The van der Waals surface area contributed by atoms with E-state index in [9.17, 15) is 20.1 Å². The number of hydrogen-bond donors (Lipinski definition) is 5. The van der Waals surface area contributed by atoms with Gasteiger partial charge in [-0.1, -0.05) is 13.0 Å². The fraction of sp³-hybridized carbons (Fsp3) is 0.769. The number of nitrogens with two attached hydrogens (primary N) is 1. The molecular formula is C26H40N4O5. The lowest BCUT2D eigenvalue weighted by Gasteiger charge is -2.70. The minimum absolute atomic E-state index is 0.0219. The van der Waals surface area contributed by atoms with E-state index in [1.54, 1.807) is 7.05 Å². The van der Waals surface area contributed by atoms with Gasteiger partial charge in [-0.25, -0.2) is 4.79 Å². The Balaban J connectivity index is 1.80. The summed E-state index contributed by atoms with van der Waals surface area (Å²) in [5, 5.41) is 35.6. The number of nitrogens with one attached hydrogen (secondary N) is 1. The highest BCUT2D eigenvalue weighted by molar-refractivity contribution is 5.92. The topological polar surface area (TPSA) is 141 Å². The number of guanidine groups is 1. The molecule has 9 heteroatoms. The Morgan fingerprint density at radius 1 is 1.37 bits per heavy atom. The molecule has 2 bridgehead atoms. The van der Waals surface area contributed by atoms with Crippen molar-refractivity contribution in [1.82, 2.24) is 10.2 Å². The van der Waals surface area contributed by atoms with Crippen LogP contribution in [0.2, 0.25) is 0 Å². The molecule has 5 aliphatic rings. The highest BCUT2D eigenvalue weighted by Crippen LogP contribution is 2.84. The van der Waals surface area contributed by atoms with Crippen LogP contribution in [-0.2, 0) is 9.53 Å². The molecule has 4 aliphatic carbocycles. The molecule has 5 rings (SSSR count). The van der Waals surface area contributed by atoms with E-state index < -0.39 is 17.0 Å². The number of allylic oxidation sites excluding steroid dienone is 1. The lowest BCUT2D eigenvalue weighted by molar-refractivity contribution is -0.217. The molecule has 0 aromatic rings. The van der Waals surface area contributed by atoms with Crippen LogP contribution in [0.25, 0.3) is 0 Å². The van der Waals surface area contributed by atoms with E-state index in [4.69, 9.17) is 10.5 Å². The first-order valence-electron chi connectivity index (χ1n) is 12.9. The highest BCUT2D eigenvalue weighted by Gasteiger charge is 2.82. The standard InChI is InChI=1S/C26H40N4O5/c1-16-4-5-17-12-18-20(21(32)33)24(34,15-35-3)19-6-7-23(13-29-9-11-31)8-10-30(22(27)28-2)14-25(17,23)26(16,18)19/h8,10,16-17,19,29,31,34H,4-7,9,11-15H2,1-3H3,(H2,27,28)(H,32,33). The molecule has 9 nitrogen and oxygen atoms in total. The average molecular weight is 489 g/mol. The van der Waals surface area contributed by atoms with Crippen LogP contribution < -0.4 is 11.1 Å². The minimum atomic E-state index is -1.53. The second-order valence-electron chi connectivity index (χ2n) is 11.4. The van der Waals surface area contributed by atoms with Gasteiger partial charge in [0.05, 0.1) is 18.8 Å². The third kappa shape index (κ3) is 2.78. The van der Waals surface area contributed by atoms with Gasteiger partial charge in [0.25, 0.3) is 0 Å². The van der Waals surface area contributed by atoms with Crippen LogP contribution in [0.5, 0.6) is 0 Å². The smallest absolute Gasteiger partial charge is 0.334 e. The summed E-state index contributed by atoms with van der Waals surface area (Å²) >= 11 is 0. The Morgan fingerprint density at radius 2 is 2.14 bits per heavy atom. The van der Waals surface area contributed by atoms with Crippen LogP contribution in [0.4, 0.5) is 0 Å². The molecule has 3 saturated carbocycles. The molecule has 6 N–H and O–H groups in total. The number of aliphatic hydroxyl groups is 2. The van der Waals surface area contributed by atoms with Crippen molar-refractivity contribution in [2.45, 2.75) is 44.6 Å². The molecule has 2 spiro atoms. The fourth-order valence-corrected chi connectivity index (χ4v) is 9.75. The summed E-state index contributed by atoms with van der Waals surface area (Å²) in [7, 11) is 3.22. The zero-order valence-electron chi connectivity index (χ0n) is 21.1. The number of rotatable bonds is 7. The summed E-state index contributed by atoms with van der Waals surface area (Å²) in [4.78, 5) is 19.1. The molecule has 3 fully saturated rings. The lowest BCUT2D eigenvalue weighted by atomic mass is 9.35. The summed E-state index contributed by atoms with van der Waals surface area (Å²) in [6.07, 6.45) is 8.55. The van der Waals surface area contributed by atoms with Gasteiger partial charge in [-0.05, 0) is 49.5 Å². The van der Waals surface area contributed by atoms with Gasteiger partial charge in [-0.3, -0.25) is 4.99 Å². The van der Waals surface area contributed by atoms with Crippen LogP contribution >= 0.6 is 0 Å². The fourth-order valence-electron chi connectivity index (χ4n) is 9.75. The monoisotopic (exact) mass is 488 g/mol. The van der Waals surface area contributed by atoms with Crippen LogP contribution in [0, 0.1) is 34.0 Å². The molecule has 7 unspecified atom stereocenters. The number of methoxy groups -OCH3 is 1. The van der Waals surface area contributed by atoms with Crippen LogP contribution in [0.15, 0.2) is 28.4 Å². The van der Waals surface area contributed by atoms with Gasteiger partial charge < -0.3 is 36.0 Å². The van der Waals surface area contributed by atoms with Gasteiger partial charge in [-0.15, -0.1) is 0 Å². The summed E-state index contributed by atoms with van der Waals surface area (Å²) in [6.45, 7) is 4.12. The Kier molecular flexibility index (Phi) is 5.86. The van der Waals surface area contributed by atoms with Crippen molar-refractivity contribution in [3.63, 3.8) is 0 Å². The molecule has 0 aromatic carbocycles. The Labute approximate surface area is 207 Å². The number of aliphatic imine (C=N–C) groups is 1. The number of carboxylic acids is 1. The first-order chi connectivity index (χ1) is 16.7. The third-order valence-electron chi connectivity index (χ3n) is 10.6. The van der Waals surface area contributed by atoms with Crippen molar-refractivity contribution in [2.24, 2.45) is 44.7 Å². The van der Waals surface area contributed by atoms with Crippen molar-refractivity contribution in [3.8, 4) is 0 Å². The summed E-state index contributed by atoms with van der Waals surface area (Å²) in [6, 6.07) is 0. The van der Waals surface area contributed by atoms with Crippen LogP contribution in [0.3, 0.4) is 0 Å². The lowest BCUT2D eigenvalue weighted by Crippen LogP contribution is -2.72. The molecule has 194 valence electrons. The normalized spacial score (nSPS) is 44.0. The van der Waals surface area contributed by atoms with E-state index in [1.807, 2.05) is 11.1 Å². The van der Waals surface area contributed by atoms with Gasteiger partial charge in [0, 0.05) is 62.2 Å². The molecule has 0 aromatic heterocycles. The molecule has 0 amide bonds. The zero-order chi connectivity index (χ0) is 25.2. The quantitative estimate of drug-likeness (QED) is 0.203. The van der Waals surface area contributed by atoms with Crippen molar-refractivity contribution < 1.29 is 24.9 Å². The van der Waals surface area contributed by atoms with Gasteiger partial charge in [0.2, 0.25) is 0 Å². The summed E-state index contributed by atoms with van der Waals surface area (Å²) < 4.78 is 5.50. The first-order valence-corrected chi connectivity index (χ1v) is 12.9. The van der Waals surface area contributed by atoms with E-state index in [1.165, 1.54) is 7.11 Å². The predicted octanol–water partition coefficient (Wildman–Crippen LogP) is 0.933. The van der Waals surface area contributed by atoms with E-state index in [2.05, 4.69) is 23.3 Å². The van der Waals surface area contributed by atoms with Gasteiger partial charge in [-0.2, -0.15) is 0 Å². The second-order valence-corrected chi connectivity index (χ2v) is 11.4. The van der Waals surface area contributed by atoms with E-state index in [0.717, 1.165) is 24.8 Å². The van der Waals surface area contributed by atoms with Crippen LogP contribution in [0.1, 0.15) is 39.0 Å². The van der Waals surface area contributed by atoms with Gasteiger partial charge in [0.1, 0.15) is 5.60 Å². The Morgan fingerprint density at radius 3 is 2.80 bits per heavy atom. The maximum Gasteiger partial charge on any atom is 0.334 e. The first kappa shape index (κ1) is 24.7. The molecule has 35 heavy (non-hydrogen) atoms. The number of carboxylic acid groups (broad SMARTS) is 1. The molecule has 1 aliphatic heterocycles. The number of hydrogen-bond acceptors (Lipinski definition) is 6.